The molecule has 0 aliphatic carbocycles. The Balaban J connectivity index is 1.96. The fraction of sp³-hybridized carbons (Fsp3) is 0.200. The minimum atomic E-state index is -3.72. The van der Waals surface area contributed by atoms with E-state index in [9.17, 15) is 8.42 Å². The third kappa shape index (κ3) is 2.95. The number of hydrogen-bond acceptors (Lipinski definition) is 4. The fourth-order valence-corrected chi connectivity index (χ4v) is 3.67. The molecule has 0 N–H and O–H groups in total. The topological polar surface area (TPSA) is 67.6 Å². The summed E-state index contributed by atoms with van der Waals surface area (Å²) >= 11 is 5.88. The number of rotatable bonds is 4. The third-order valence-corrected chi connectivity index (χ3v) is 5.84. The molecule has 0 aliphatic heterocycles. The number of aromatic nitrogens is 3. The Morgan fingerprint density at radius 3 is 2.61 bits per heavy atom. The lowest BCUT2D eigenvalue weighted by Gasteiger charge is -2.23. The maximum Gasteiger partial charge on any atom is 0.262 e. The first-order valence-electron chi connectivity index (χ1n) is 6.92. The second-order valence-corrected chi connectivity index (χ2v) is 7.55. The van der Waals surface area contributed by atoms with Gasteiger partial charge in [-0.15, -0.1) is 0 Å². The summed E-state index contributed by atoms with van der Waals surface area (Å²) in [5.41, 5.74) is 1.34. The van der Waals surface area contributed by atoms with Crippen LogP contribution >= 0.6 is 11.6 Å². The van der Waals surface area contributed by atoms with Crippen molar-refractivity contribution in [3.8, 4) is 0 Å². The SMILES string of the molecule is C[C@@H](c1ccc(Cl)cc1)N(C)S(=O)(=O)c1cn2ccncc2n1. The zero-order valence-electron chi connectivity index (χ0n) is 12.6. The van der Waals surface area contributed by atoms with Crippen LogP contribution in [-0.4, -0.2) is 34.1 Å². The van der Waals surface area contributed by atoms with Gasteiger partial charge in [0, 0.05) is 36.7 Å². The van der Waals surface area contributed by atoms with E-state index in [2.05, 4.69) is 9.97 Å². The van der Waals surface area contributed by atoms with Crippen molar-refractivity contribution in [3.05, 3.63) is 59.6 Å². The van der Waals surface area contributed by atoms with Gasteiger partial charge in [-0.3, -0.25) is 4.98 Å². The number of hydrogen-bond donors (Lipinski definition) is 0. The van der Waals surface area contributed by atoms with Gasteiger partial charge in [-0.1, -0.05) is 23.7 Å². The first-order valence-corrected chi connectivity index (χ1v) is 8.73. The van der Waals surface area contributed by atoms with Crippen molar-refractivity contribution in [2.45, 2.75) is 18.0 Å². The Morgan fingerprint density at radius 2 is 1.96 bits per heavy atom. The van der Waals surface area contributed by atoms with Crippen molar-refractivity contribution in [1.29, 1.82) is 0 Å². The minimum absolute atomic E-state index is 0.00573. The molecule has 23 heavy (non-hydrogen) atoms. The summed E-state index contributed by atoms with van der Waals surface area (Å²) in [7, 11) is -2.18. The highest BCUT2D eigenvalue weighted by atomic mass is 35.5. The van der Waals surface area contributed by atoms with Crippen molar-refractivity contribution in [3.63, 3.8) is 0 Å². The molecule has 2 aromatic heterocycles. The van der Waals surface area contributed by atoms with E-state index >= 15 is 0 Å². The largest absolute Gasteiger partial charge is 0.303 e. The highest BCUT2D eigenvalue weighted by molar-refractivity contribution is 7.89. The molecule has 3 rings (SSSR count). The van der Waals surface area contributed by atoms with Crippen molar-refractivity contribution in [1.82, 2.24) is 18.7 Å². The lowest BCUT2D eigenvalue weighted by molar-refractivity contribution is 0.397. The smallest absolute Gasteiger partial charge is 0.262 e. The second kappa shape index (κ2) is 5.92. The first kappa shape index (κ1) is 15.9. The van der Waals surface area contributed by atoms with E-state index in [-0.39, 0.29) is 11.1 Å². The molecule has 0 aliphatic rings. The summed E-state index contributed by atoms with van der Waals surface area (Å²) < 4.78 is 28.5. The van der Waals surface area contributed by atoms with E-state index in [0.717, 1.165) is 5.56 Å². The van der Waals surface area contributed by atoms with Gasteiger partial charge >= 0.3 is 0 Å². The number of benzene rings is 1. The summed E-state index contributed by atoms with van der Waals surface area (Å²) in [6.07, 6.45) is 6.23. The molecule has 0 spiro atoms. The van der Waals surface area contributed by atoms with Crippen molar-refractivity contribution in [2.75, 3.05) is 7.05 Å². The number of fused-ring (bicyclic) bond motifs is 1. The van der Waals surface area contributed by atoms with Crippen LogP contribution in [0.4, 0.5) is 0 Å². The van der Waals surface area contributed by atoms with Gasteiger partial charge in [0.2, 0.25) is 0 Å². The van der Waals surface area contributed by atoms with Crippen LogP contribution in [0.5, 0.6) is 0 Å². The molecule has 6 nitrogen and oxygen atoms in total. The van der Waals surface area contributed by atoms with Crippen LogP contribution in [0.15, 0.2) is 54.1 Å². The van der Waals surface area contributed by atoms with Crippen LogP contribution in [0.1, 0.15) is 18.5 Å². The summed E-state index contributed by atoms with van der Waals surface area (Å²) in [5.74, 6) is 0. The summed E-state index contributed by atoms with van der Waals surface area (Å²) in [6.45, 7) is 1.82. The van der Waals surface area contributed by atoms with E-state index in [4.69, 9.17) is 11.6 Å². The number of imidazole rings is 1. The first-order chi connectivity index (χ1) is 10.9. The Kier molecular flexibility index (Phi) is 4.09. The van der Waals surface area contributed by atoms with Crippen LogP contribution in [0.2, 0.25) is 5.02 Å². The van der Waals surface area contributed by atoms with Gasteiger partial charge in [0.25, 0.3) is 10.0 Å². The van der Waals surface area contributed by atoms with Gasteiger partial charge < -0.3 is 4.40 Å². The molecule has 120 valence electrons. The highest BCUT2D eigenvalue weighted by Crippen LogP contribution is 2.26. The van der Waals surface area contributed by atoms with E-state index in [1.54, 1.807) is 28.9 Å². The molecule has 0 radical (unpaired) electrons. The Bertz CT molecular complexity index is 905. The van der Waals surface area contributed by atoms with E-state index in [1.807, 2.05) is 19.1 Å². The summed E-state index contributed by atoms with van der Waals surface area (Å²) in [5, 5.41) is 0.605. The van der Waals surface area contributed by atoms with Crippen LogP contribution < -0.4 is 0 Å². The molecule has 3 aromatic rings. The Morgan fingerprint density at radius 1 is 1.26 bits per heavy atom. The normalized spacial score (nSPS) is 13.6. The zero-order valence-corrected chi connectivity index (χ0v) is 14.2. The second-order valence-electron chi connectivity index (χ2n) is 5.17. The summed E-state index contributed by atoms with van der Waals surface area (Å²) in [6, 6.07) is 6.76. The van der Waals surface area contributed by atoms with E-state index in [0.29, 0.717) is 10.7 Å². The average molecular weight is 351 g/mol. The van der Waals surface area contributed by atoms with E-state index < -0.39 is 10.0 Å². The zero-order chi connectivity index (χ0) is 16.6. The molecule has 1 atom stereocenters. The standard InChI is InChI=1S/C15H15ClN4O2S/c1-11(12-3-5-13(16)6-4-12)19(2)23(21,22)15-10-20-8-7-17-9-14(20)18-15/h3-11H,1-2H3/t11-/m0/s1. The predicted molar refractivity (Wildman–Crippen MR) is 87.8 cm³/mol. The molecule has 0 bridgehead atoms. The minimum Gasteiger partial charge on any atom is -0.303 e. The van der Waals surface area contributed by atoms with Crippen LogP contribution in [0.25, 0.3) is 5.65 Å². The maximum absolute atomic E-state index is 12.8. The number of sulfonamides is 1. The summed E-state index contributed by atoms with van der Waals surface area (Å²) in [4.78, 5) is 8.09. The van der Waals surface area contributed by atoms with Crippen LogP contribution in [-0.2, 0) is 10.0 Å². The van der Waals surface area contributed by atoms with Gasteiger partial charge in [-0.2, -0.15) is 4.31 Å². The van der Waals surface area contributed by atoms with E-state index in [1.165, 1.54) is 23.7 Å². The lowest BCUT2D eigenvalue weighted by atomic mass is 10.1. The lowest BCUT2D eigenvalue weighted by Crippen LogP contribution is -2.30. The molecule has 1 aromatic carbocycles. The molecular weight excluding hydrogens is 336 g/mol. The van der Waals surface area contributed by atoms with Crippen molar-refractivity contribution < 1.29 is 8.42 Å². The third-order valence-electron chi connectivity index (χ3n) is 3.78. The molecular formula is C15H15ClN4O2S. The number of halogens is 1. The van der Waals surface area contributed by atoms with Crippen molar-refractivity contribution >= 4 is 27.3 Å². The average Bonchev–Trinajstić information content (AvgIpc) is 2.99. The highest BCUT2D eigenvalue weighted by Gasteiger charge is 2.28. The predicted octanol–water partition coefficient (Wildman–Crippen LogP) is 2.76. The van der Waals surface area contributed by atoms with Gasteiger partial charge in [-0.25, -0.2) is 13.4 Å². The van der Waals surface area contributed by atoms with Crippen LogP contribution in [0.3, 0.4) is 0 Å². The molecule has 0 amide bonds. The van der Waals surface area contributed by atoms with Gasteiger partial charge in [0.15, 0.2) is 10.7 Å². The quantitative estimate of drug-likeness (QED) is 0.725. The Hall–Kier alpha value is -1.96. The van der Waals surface area contributed by atoms with Gasteiger partial charge in [-0.05, 0) is 24.6 Å². The fourth-order valence-electron chi connectivity index (χ4n) is 2.25. The molecule has 0 fully saturated rings. The molecule has 0 unspecified atom stereocenters. The molecule has 2 heterocycles. The maximum atomic E-state index is 12.8. The van der Waals surface area contributed by atoms with Crippen molar-refractivity contribution in [2.24, 2.45) is 0 Å². The van der Waals surface area contributed by atoms with Crippen LogP contribution in [0, 0.1) is 0 Å². The monoisotopic (exact) mass is 350 g/mol. The molecule has 0 saturated carbocycles. The Labute approximate surface area is 139 Å². The number of nitrogens with zero attached hydrogens (tertiary/aromatic N) is 4. The van der Waals surface area contributed by atoms with Gasteiger partial charge in [0.05, 0.1) is 6.20 Å². The van der Waals surface area contributed by atoms with Gasteiger partial charge in [0.1, 0.15) is 0 Å². The molecule has 0 saturated heterocycles. The molecule has 8 heteroatoms.